The number of pyridine rings is 1. The summed E-state index contributed by atoms with van der Waals surface area (Å²) >= 11 is 0. The Labute approximate surface area is 204 Å². The average Bonchev–Trinajstić information content (AvgIpc) is 3.32. The van der Waals surface area contributed by atoms with Crippen LogP contribution in [-0.4, -0.2) is 54.0 Å². The topological polar surface area (TPSA) is 84.2 Å². The van der Waals surface area contributed by atoms with Crippen LogP contribution in [0.1, 0.15) is 15.9 Å². The minimum absolute atomic E-state index is 0.399. The van der Waals surface area contributed by atoms with Crippen molar-refractivity contribution < 1.29 is 18.0 Å². The monoisotopic (exact) mass is 495 g/mol. The van der Waals surface area contributed by atoms with Crippen molar-refractivity contribution in [2.45, 2.75) is 6.18 Å². The quantitative estimate of drug-likeness (QED) is 0.388. The van der Waals surface area contributed by atoms with Crippen molar-refractivity contribution in [3.8, 4) is 11.1 Å². The van der Waals surface area contributed by atoms with Crippen molar-refractivity contribution in [1.82, 2.24) is 14.9 Å². The molecule has 0 bridgehead atoms. The van der Waals surface area contributed by atoms with Gasteiger partial charge in [0.15, 0.2) is 0 Å². The van der Waals surface area contributed by atoms with Crippen molar-refractivity contribution in [3.63, 3.8) is 0 Å². The summed E-state index contributed by atoms with van der Waals surface area (Å²) in [4.78, 5) is 34.2. The molecular formula is C26H24F3N5O2. The average molecular weight is 496 g/mol. The molecule has 0 aliphatic carbocycles. The number of anilines is 2. The highest BCUT2D eigenvalue weighted by atomic mass is 19.4. The summed E-state index contributed by atoms with van der Waals surface area (Å²) in [6.07, 6.45) is -2.20. The molecule has 1 aliphatic rings. The van der Waals surface area contributed by atoms with Gasteiger partial charge in [-0.05, 0) is 53.9 Å². The van der Waals surface area contributed by atoms with Gasteiger partial charge in [-0.25, -0.2) is 0 Å². The minimum atomic E-state index is -4.85. The standard InChI is InChI=1S/C26H24F3N5O2/c1-33-8-10-34(11-9-33)23-5-3-17(16-2-4-21-18(12-16)6-7-30-21)13-22(23)32-25(36)19-15-31-24(35)14-20(19)26(27,28)29/h2-7,12-15,30H,8-11H2,1H3,(H,31,35)(H,32,36). The van der Waals surface area contributed by atoms with Gasteiger partial charge in [-0.15, -0.1) is 0 Å². The summed E-state index contributed by atoms with van der Waals surface area (Å²) in [5, 5.41) is 3.71. The van der Waals surface area contributed by atoms with E-state index in [1.54, 1.807) is 6.07 Å². The van der Waals surface area contributed by atoms with Crippen LogP contribution >= 0.6 is 0 Å². The maximum absolute atomic E-state index is 13.6. The molecule has 0 atom stereocenters. The second-order valence-electron chi connectivity index (χ2n) is 8.88. The van der Waals surface area contributed by atoms with Gasteiger partial charge < -0.3 is 25.1 Å². The van der Waals surface area contributed by atoms with Crippen molar-refractivity contribution in [2.75, 3.05) is 43.4 Å². The van der Waals surface area contributed by atoms with Crippen LogP contribution in [0.2, 0.25) is 0 Å². The minimum Gasteiger partial charge on any atom is -0.367 e. The lowest BCUT2D eigenvalue weighted by Gasteiger charge is -2.35. The van der Waals surface area contributed by atoms with Crippen LogP contribution in [0.25, 0.3) is 22.0 Å². The van der Waals surface area contributed by atoms with Gasteiger partial charge in [0.05, 0.1) is 22.5 Å². The molecule has 2 aromatic carbocycles. The molecule has 186 valence electrons. The summed E-state index contributed by atoms with van der Waals surface area (Å²) in [5.41, 5.74) is 0.963. The fourth-order valence-electron chi connectivity index (χ4n) is 4.46. The van der Waals surface area contributed by atoms with Gasteiger partial charge in [-0.1, -0.05) is 12.1 Å². The number of amides is 1. The Kier molecular flexibility index (Phi) is 6.05. The summed E-state index contributed by atoms with van der Waals surface area (Å²) in [5.74, 6) is -0.952. The predicted octanol–water partition coefficient (Wildman–Crippen LogP) is 4.55. The number of H-pyrrole nitrogens is 2. The van der Waals surface area contributed by atoms with E-state index < -0.39 is 28.8 Å². The van der Waals surface area contributed by atoms with E-state index in [1.165, 1.54) is 0 Å². The highest BCUT2D eigenvalue weighted by molar-refractivity contribution is 6.07. The van der Waals surface area contributed by atoms with E-state index in [0.717, 1.165) is 47.0 Å². The van der Waals surface area contributed by atoms with Crippen LogP contribution in [0, 0.1) is 0 Å². The Morgan fingerprint density at radius 1 is 0.944 bits per heavy atom. The van der Waals surface area contributed by atoms with E-state index in [9.17, 15) is 22.8 Å². The zero-order valence-corrected chi connectivity index (χ0v) is 19.4. The fraction of sp³-hybridized carbons (Fsp3) is 0.231. The molecule has 3 N–H and O–H groups in total. The van der Waals surface area contributed by atoms with Crippen LogP contribution in [0.4, 0.5) is 24.5 Å². The molecule has 0 spiro atoms. The molecule has 1 amide bonds. The number of hydrogen-bond donors (Lipinski definition) is 3. The number of nitrogens with zero attached hydrogens (tertiary/aromatic N) is 2. The third-order valence-corrected chi connectivity index (χ3v) is 6.45. The molecule has 0 radical (unpaired) electrons. The number of nitrogens with one attached hydrogen (secondary N) is 3. The summed E-state index contributed by atoms with van der Waals surface area (Å²) in [7, 11) is 2.02. The van der Waals surface area contributed by atoms with Gasteiger partial charge in [0.2, 0.25) is 5.56 Å². The first-order valence-corrected chi connectivity index (χ1v) is 11.5. The lowest BCUT2D eigenvalue weighted by molar-refractivity contribution is -0.138. The molecule has 2 aromatic heterocycles. The number of hydrogen-bond acceptors (Lipinski definition) is 4. The summed E-state index contributed by atoms with van der Waals surface area (Å²) in [6, 6.07) is 13.9. The molecule has 0 saturated carbocycles. The van der Waals surface area contributed by atoms with Crippen LogP contribution in [0.3, 0.4) is 0 Å². The van der Waals surface area contributed by atoms with E-state index in [2.05, 4.69) is 25.1 Å². The van der Waals surface area contributed by atoms with E-state index in [1.807, 2.05) is 49.6 Å². The third kappa shape index (κ3) is 4.72. The first-order chi connectivity index (χ1) is 17.2. The molecule has 1 aliphatic heterocycles. The Bertz CT molecular complexity index is 1480. The van der Waals surface area contributed by atoms with E-state index >= 15 is 0 Å². The number of benzene rings is 2. The van der Waals surface area contributed by atoms with Gasteiger partial charge in [0.25, 0.3) is 5.91 Å². The number of carbonyl (C=O) groups excluding carboxylic acids is 1. The molecule has 10 heteroatoms. The van der Waals surface area contributed by atoms with Crippen LogP contribution in [-0.2, 0) is 6.18 Å². The lowest BCUT2D eigenvalue weighted by atomic mass is 10.0. The number of piperazine rings is 1. The first kappa shape index (κ1) is 23.7. The summed E-state index contributed by atoms with van der Waals surface area (Å²) < 4.78 is 40.7. The molecule has 36 heavy (non-hydrogen) atoms. The molecule has 3 heterocycles. The van der Waals surface area contributed by atoms with Crippen molar-refractivity contribution in [1.29, 1.82) is 0 Å². The maximum Gasteiger partial charge on any atom is 0.417 e. The predicted molar refractivity (Wildman–Crippen MR) is 133 cm³/mol. The van der Waals surface area contributed by atoms with Crippen molar-refractivity contribution >= 4 is 28.2 Å². The largest absolute Gasteiger partial charge is 0.417 e. The number of carbonyl (C=O) groups is 1. The van der Waals surface area contributed by atoms with Crippen molar-refractivity contribution in [2.24, 2.45) is 0 Å². The number of halogens is 3. The van der Waals surface area contributed by atoms with Crippen LogP contribution in [0.15, 0.2) is 65.7 Å². The van der Waals surface area contributed by atoms with Crippen LogP contribution in [0.5, 0.6) is 0 Å². The molecule has 0 unspecified atom stereocenters. The van der Waals surface area contributed by atoms with E-state index in [-0.39, 0.29) is 0 Å². The highest BCUT2D eigenvalue weighted by Crippen LogP contribution is 2.35. The van der Waals surface area contributed by atoms with Gasteiger partial charge in [0.1, 0.15) is 0 Å². The lowest BCUT2D eigenvalue weighted by Crippen LogP contribution is -2.44. The number of likely N-dealkylation sites (N-methyl/N-ethyl adjacent to an activating group) is 1. The number of fused-ring (bicyclic) bond motifs is 1. The van der Waals surface area contributed by atoms with Gasteiger partial charge in [0, 0.05) is 50.2 Å². The van der Waals surface area contributed by atoms with Gasteiger partial charge >= 0.3 is 6.18 Å². The molecule has 4 aromatic rings. The highest BCUT2D eigenvalue weighted by Gasteiger charge is 2.36. The Balaban J connectivity index is 1.55. The third-order valence-electron chi connectivity index (χ3n) is 6.45. The summed E-state index contributed by atoms with van der Waals surface area (Å²) in [6.45, 7) is 3.05. The zero-order valence-electron chi connectivity index (χ0n) is 19.4. The molecular weight excluding hydrogens is 471 g/mol. The van der Waals surface area contributed by atoms with Gasteiger partial charge in [-0.3, -0.25) is 9.59 Å². The second-order valence-corrected chi connectivity index (χ2v) is 8.88. The molecule has 5 rings (SSSR count). The Morgan fingerprint density at radius 3 is 2.42 bits per heavy atom. The van der Waals surface area contributed by atoms with Crippen molar-refractivity contribution in [3.05, 3.63) is 82.4 Å². The Hall–Kier alpha value is -4.05. The number of aromatic amines is 2. The second kappa shape index (κ2) is 9.19. The SMILES string of the molecule is CN1CCN(c2ccc(-c3ccc4[nH]ccc4c3)cc2NC(=O)c2c[nH]c(=O)cc2C(F)(F)F)CC1. The van der Waals surface area contributed by atoms with E-state index in [0.29, 0.717) is 24.8 Å². The molecule has 1 saturated heterocycles. The smallest absolute Gasteiger partial charge is 0.367 e. The number of rotatable bonds is 4. The van der Waals surface area contributed by atoms with E-state index in [4.69, 9.17) is 0 Å². The molecule has 1 fully saturated rings. The normalized spacial score (nSPS) is 14.8. The number of aromatic nitrogens is 2. The zero-order chi connectivity index (χ0) is 25.4. The molecule has 7 nitrogen and oxygen atoms in total. The first-order valence-electron chi connectivity index (χ1n) is 11.5. The number of alkyl halides is 3. The Morgan fingerprint density at radius 2 is 1.67 bits per heavy atom. The fourth-order valence-corrected chi connectivity index (χ4v) is 4.46. The maximum atomic E-state index is 13.6. The van der Waals surface area contributed by atoms with Crippen LogP contribution < -0.4 is 15.8 Å². The van der Waals surface area contributed by atoms with Gasteiger partial charge in [-0.2, -0.15) is 13.2 Å².